The summed E-state index contributed by atoms with van der Waals surface area (Å²) in [5.41, 5.74) is 2.19. The van der Waals surface area contributed by atoms with E-state index >= 15 is 0 Å². The highest BCUT2D eigenvalue weighted by atomic mass is 35.5. The van der Waals surface area contributed by atoms with Gasteiger partial charge in [-0.1, -0.05) is 50.2 Å². The summed E-state index contributed by atoms with van der Waals surface area (Å²) in [6.07, 6.45) is 2.09. The van der Waals surface area contributed by atoms with Crippen molar-refractivity contribution in [3.63, 3.8) is 0 Å². The third-order valence-corrected chi connectivity index (χ3v) is 7.14. The highest BCUT2D eigenvalue weighted by Gasteiger charge is 2.27. The van der Waals surface area contributed by atoms with E-state index in [1.807, 2.05) is 23.1 Å². The monoisotopic (exact) mass is 455 g/mol. The average molecular weight is 456 g/mol. The van der Waals surface area contributed by atoms with Crippen molar-refractivity contribution in [3.8, 4) is 0 Å². The fourth-order valence-corrected chi connectivity index (χ4v) is 5.45. The minimum Gasteiger partial charge on any atom is -0.343 e. The molecular formula is C25H30ClN3OS. The predicted molar refractivity (Wildman–Crippen MR) is 129 cm³/mol. The van der Waals surface area contributed by atoms with E-state index in [4.69, 9.17) is 16.6 Å². The van der Waals surface area contributed by atoms with Crippen LogP contribution in [0, 0.1) is 5.92 Å². The maximum Gasteiger partial charge on any atom is 0.219 e. The van der Waals surface area contributed by atoms with Gasteiger partial charge in [0.2, 0.25) is 5.91 Å². The molecule has 0 bridgehead atoms. The Labute approximate surface area is 194 Å². The molecule has 0 radical (unpaired) electrons. The van der Waals surface area contributed by atoms with E-state index in [0.29, 0.717) is 5.92 Å². The molecule has 0 saturated carbocycles. The topological polar surface area (TPSA) is 38.1 Å². The van der Waals surface area contributed by atoms with Gasteiger partial charge in [0.25, 0.3) is 0 Å². The van der Waals surface area contributed by atoms with E-state index in [-0.39, 0.29) is 11.3 Å². The van der Waals surface area contributed by atoms with Gasteiger partial charge in [-0.3, -0.25) is 4.79 Å². The van der Waals surface area contributed by atoms with Crippen LogP contribution in [0.25, 0.3) is 11.0 Å². The Morgan fingerprint density at radius 2 is 1.84 bits per heavy atom. The minimum atomic E-state index is -0.0423. The van der Waals surface area contributed by atoms with Gasteiger partial charge in [0, 0.05) is 46.8 Å². The van der Waals surface area contributed by atoms with Crippen LogP contribution in [0.5, 0.6) is 0 Å². The largest absolute Gasteiger partial charge is 0.343 e. The Balaban J connectivity index is 1.62. The normalized spacial score (nSPS) is 15.6. The molecule has 4 nitrogen and oxygen atoms in total. The summed E-state index contributed by atoms with van der Waals surface area (Å²) in [7, 11) is 0. The molecule has 1 aliphatic heterocycles. The van der Waals surface area contributed by atoms with Crippen molar-refractivity contribution in [3.05, 3.63) is 53.3 Å². The number of aromatic nitrogens is 2. The number of amides is 1. The Kier molecular flexibility index (Phi) is 6.36. The summed E-state index contributed by atoms with van der Waals surface area (Å²) in [6.45, 7) is 11.0. The molecule has 164 valence electrons. The molecule has 1 saturated heterocycles. The predicted octanol–water partition coefficient (Wildman–Crippen LogP) is 6.40. The molecule has 6 heteroatoms. The average Bonchev–Trinajstić information content (AvgIpc) is 3.06. The second kappa shape index (κ2) is 8.87. The number of hydrogen-bond donors (Lipinski definition) is 0. The Bertz CT molecular complexity index is 1090. The lowest BCUT2D eigenvalue weighted by Gasteiger charge is -2.32. The third kappa shape index (κ3) is 5.09. The van der Waals surface area contributed by atoms with Crippen LogP contribution in [0.2, 0.25) is 5.02 Å². The van der Waals surface area contributed by atoms with Crippen LogP contribution in [0.15, 0.2) is 52.3 Å². The summed E-state index contributed by atoms with van der Waals surface area (Å²) in [6, 6.07) is 14.5. The molecule has 2 heterocycles. The minimum absolute atomic E-state index is 0.0423. The lowest BCUT2D eigenvalue weighted by molar-refractivity contribution is -0.130. The van der Waals surface area contributed by atoms with Crippen molar-refractivity contribution in [1.82, 2.24) is 14.5 Å². The van der Waals surface area contributed by atoms with E-state index in [0.717, 1.165) is 58.6 Å². The van der Waals surface area contributed by atoms with Gasteiger partial charge in [0.15, 0.2) is 0 Å². The molecule has 2 aromatic carbocycles. The SMILES string of the molecule is CC(=O)N1CCC(Cn2c(C(C)(C)C)nc3cc(Sc4cccc(Cl)c4)ccc32)CC1. The second-order valence-electron chi connectivity index (χ2n) is 9.46. The number of carbonyl (C=O) groups is 1. The fourth-order valence-electron chi connectivity index (χ4n) is 4.29. The quantitative estimate of drug-likeness (QED) is 0.457. The first-order valence-corrected chi connectivity index (χ1v) is 12.1. The van der Waals surface area contributed by atoms with Crippen molar-refractivity contribution in [2.75, 3.05) is 13.1 Å². The summed E-state index contributed by atoms with van der Waals surface area (Å²) in [4.78, 5) is 21.0. The van der Waals surface area contributed by atoms with E-state index in [1.165, 1.54) is 5.52 Å². The lowest BCUT2D eigenvalue weighted by atomic mass is 9.93. The van der Waals surface area contributed by atoms with Crippen LogP contribution >= 0.6 is 23.4 Å². The van der Waals surface area contributed by atoms with Gasteiger partial charge in [0.05, 0.1) is 11.0 Å². The molecule has 0 N–H and O–H groups in total. The molecule has 3 aromatic rings. The van der Waals surface area contributed by atoms with E-state index in [1.54, 1.807) is 18.7 Å². The van der Waals surface area contributed by atoms with Crippen molar-refractivity contribution in [2.24, 2.45) is 5.92 Å². The molecule has 0 unspecified atom stereocenters. The number of benzene rings is 2. The molecule has 0 aliphatic carbocycles. The van der Waals surface area contributed by atoms with Crippen LogP contribution in [0.4, 0.5) is 0 Å². The lowest BCUT2D eigenvalue weighted by Crippen LogP contribution is -2.38. The van der Waals surface area contributed by atoms with Crippen LogP contribution < -0.4 is 0 Å². The number of likely N-dealkylation sites (tertiary alicyclic amines) is 1. The fraction of sp³-hybridized carbons (Fsp3) is 0.440. The van der Waals surface area contributed by atoms with Gasteiger partial charge in [-0.2, -0.15) is 0 Å². The van der Waals surface area contributed by atoms with Crippen LogP contribution in [-0.4, -0.2) is 33.4 Å². The van der Waals surface area contributed by atoms with Crippen LogP contribution in [0.1, 0.15) is 46.4 Å². The standard InChI is InChI=1S/C25H30ClN3OS/c1-17(30)28-12-10-18(11-13-28)16-29-23-9-8-21(31-20-7-5-6-19(26)14-20)15-22(23)27-24(29)25(2,3)4/h5-9,14-15,18H,10-13,16H2,1-4H3. The number of fused-ring (bicyclic) bond motifs is 1. The molecule has 31 heavy (non-hydrogen) atoms. The molecule has 1 aromatic heterocycles. The zero-order valence-electron chi connectivity index (χ0n) is 18.7. The summed E-state index contributed by atoms with van der Waals surface area (Å²) in [5.74, 6) is 1.88. The first kappa shape index (κ1) is 22.2. The van der Waals surface area contributed by atoms with Crippen molar-refractivity contribution >= 4 is 40.3 Å². The maximum absolute atomic E-state index is 11.7. The van der Waals surface area contributed by atoms with Crippen LogP contribution in [-0.2, 0) is 16.8 Å². The molecule has 1 fully saturated rings. The van der Waals surface area contributed by atoms with Gasteiger partial charge in [0.1, 0.15) is 5.82 Å². The number of imidazole rings is 1. The molecular weight excluding hydrogens is 426 g/mol. The highest BCUT2D eigenvalue weighted by molar-refractivity contribution is 7.99. The summed E-state index contributed by atoms with van der Waals surface area (Å²) >= 11 is 7.86. The highest BCUT2D eigenvalue weighted by Crippen LogP contribution is 2.34. The van der Waals surface area contributed by atoms with Crippen molar-refractivity contribution in [2.45, 2.75) is 62.3 Å². The van der Waals surface area contributed by atoms with Crippen molar-refractivity contribution in [1.29, 1.82) is 0 Å². The number of nitrogens with zero attached hydrogens (tertiary/aromatic N) is 3. The maximum atomic E-state index is 11.7. The van der Waals surface area contributed by atoms with Gasteiger partial charge >= 0.3 is 0 Å². The van der Waals surface area contributed by atoms with E-state index in [2.05, 4.69) is 49.6 Å². The number of halogens is 1. The Morgan fingerprint density at radius 1 is 1.13 bits per heavy atom. The number of carbonyl (C=O) groups excluding carboxylic acids is 1. The van der Waals surface area contributed by atoms with Gasteiger partial charge in [-0.05, 0) is 55.2 Å². The van der Waals surface area contributed by atoms with Gasteiger partial charge < -0.3 is 9.47 Å². The molecule has 0 atom stereocenters. The molecule has 1 amide bonds. The van der Waals surface area contributed by atoms with Gasteiger partial charge in [-0.25, -0.2) is 4.98 Å². The Morgan fingerprint density at radius 3 is 2.48 bits per heavy atom. The summed E-state index contributed by atoms with van der Waals surface area (Å²) in [5, 5.41) is 0.751. The molecule has 1 aliphatic rings. The smallest absolute Gasteiger partial charge is 0.219 e. The van der Waals surface area contributed by atoms with Gasteiger partial charge in [-0.15, -0.1) is 0 Å². The first-order valence-electron chi connectivity index (χ1n) is 10.9. The third-order valence-electron chi connectivity index (χ3n) is 5.92. The Hall–Kier alpha value is -1.98. The first-order chi connectivity index (χ1) is 14.7. The summed E-state index contributed by atoms with van der Waals surface area (Å²) < 4.78 is 2.41. The number of hydrogen-bond acceptors (Lipinski definition) is 3. The zero-order valence-corrected chi connectivity index (χ0v) is 20.3. The second-order valence-corrected chi connectivity index (χ2v) is 11.0. The zero-order chi connectivity index (χ0) is 22.2. The molecule has 0 spiro atoms. The number of piperidine rings is 1. The van der Waals surface area contributed by atoms with Crippen LogP contribution in [0.3, 0.4) is 0 Å². The van der Waals surface area contributed by atoms with E-state index in [9.17, 15) is 4.79 Å². The van der Waals surface area contributed by atoms with E-state index < -0.39 is 0 Å². The van der Waals surface area contributed by atoms with Crippen molar-refractivity contribution < 1.29 is 4.79 Å². The molecule has 4 rings (SSSR count). The number of rotatable bonds is 4.